The molecule has 2 aromatic heterocycles. The van der Waals surface area contributed by atoms with Gasteiger partial charge in [0.1, 0.15) is 24.0 Å². The molecule has 0 bridgehead atoms. The zero-order chi connectivity index (χ0) is 10.8. The fourth-order valence-electron chi connectivity index (χ4n) is 1.50. The van der Waals surface area contributed by atoms with E-state index in [1.54, 1.807) is 18.0 Å². The zero-order valence-electron chi connectivity index (χ0n) is 8.71. The molecule has 15 heavy (non-hydrogen) atoms. The molecule has 1 unspecified atom stereocenters. The molecule has 0 spiro atoms. The summed E-state index contributed by atoms with van der Waals surface area (Å²) in [6, 6.07) is 1.83. The summed E-state index contributed by atoms with van der Waals surface area (Å²) < 4.78 is 6.85. The SMILES string of the molecule is Cc1ccoc1C(O)Cc1ncnn1C. The number of nitrogens with zero attached hydrogens (tertiary/aromatic N) is 3. The van der Waals surface area contributed by atoms with Crippen molar-refractivity contribution in [2.75, 3.05) is 0 Å². The lowest BCUT2D eigenvalue weighted by atomic mass is 10.1. The van der Waals surface area contributed by atoms with E-state index in [-0.39, 0.29) is 0 Å². The monoisotopic (exact) mass is 207 g/mol. The van der Waals surface area contributed by atoms with Crippen molar-refractivity contribution in [1.29, 1.82) is 0 Å². The molecule has 0 aromatic carbocycles. The summed E-state index contributed by atoms with van der Waals surface area (Å²) in [5.41, 5.74) is 0.949. The van der Waals surface area contributed by atoms with Gasteiger partial charge in [-0.25, -0.2) is 4.98 Å². The van der Waals surface area contributed by atoms with Crippen LogP contribution >= 0.6 is 0 Å². The average Bonchev–Trinajstić information content (AvgIpc) is 2.76. The van der Waals surface area contributed by atoms with Crippen molar-refractivity contribution >= 4 is 0 Å². The second kappa shape index (κ2) is 3.86. The van der Waals surface area contributed by atoms with Gasteiger partial charge in [-0.1, -0.05) is 0 Å². The Kier molecular flexibility index (Phi) is 2.55. The summed E-state index contributed by atoms with van der Waals surface area (Å²) in [7, 11) is 1.80. The van der Waals surface area contributed by atoms with Crippen LogP contribution in [0.5, 0.6) is 0 Å². The molecule has 5 heteroatoms. The van der Waals surface area contributed by atoms with Crippen molar-refractivity contribution < 1.29 is 9.52 Å². The Bertz CT molecular complexity index is 447. The molecular weight excluding hydrogens is 194 g/mol. The van der Waals surface area contributed by atoms with Crippen LogP contribution in [0.4, 0.5) is 0 Å². The Morgan fingerprint density at radius 1 is 1.60 bits per heavy atom. The molecule has 0 aliphatic heterocycles. The Morgan fingerprint density at radius 3 is 2.93 bits per heavy atom. The van der Waals surface area contributed by atoms with Gasteiger partial charge in [-0.3, -0.25) is 4.68 Å². The number of hydrogen-bond donors (Lipinski definition) is 1. The van der Waals surface area contributed by atoms with E-state index in [9.17, 15) is 5.11 Å². The third-order valence-corrected chi connectivity index (χ3v) is 2.39. The highest BCUT2D eigenvalue weighted by Gasteiger charge is 2.16. The number of aliphatic hydroxyl groups is 1. The highest BCUT2D eigenvalue weighted by Crippen LogP contribution is 2.21. The summed E-state index contributed by atoms with van der Waals surface area (Å²) in [4.78, 5) is 4.05. The predicted octanol–water partition coefficient (Wildman–Crippen LogP) is 0.993. The normalized spacial score (nSPS) is 13.0. The fraction of sp³-hybridized carbons (Fsp3) is 0.400. The van der Waals surface area contributed by atoms with Gasteiger partial charge in [0.2, 0.25) is 0 Å². The van der Waals surface area contributed by atoms with Crippen molar-refractivity contribution in [2.24, 2.45) is 7.05 Å². The Labute approximate surface area is 87.4 Å². The third-order valence-electron chi connectivity index (χ3n) is 2.39. The maximum absolute atomic E-state index is 9.91. The molecule has 0 saturated heterocycles. The minimum atomic E-state index is -0.664. The smallest absolute Gasteiger partial charge is 0.138 e. The van der Waals surface area contributed by atoms with Gasteiger partial charge in [-0.15, -0.1) is 0 Å². The molecule has 0 aliphatic carbocycles. The lowest BCUT2D eigenvalue weighted by Gasteiger charge is -2.07. The summed E-state index contributed by atoms with van der Waals surface area (Å²) >= 11 is 0. The first kappa shape index (κ1) is 9.92. The summed E-state index contributed by atoms with van der Waals surface area (Å²) in [6.45, 7) is 1.90. The second-order valence-corrected chi connectivity index (χ2v) is 3.49. The number of aryl methyl sites for hydroxylation is 2. The maximum atomic E-state index is 9.91. The lowest BCUT2D eigenvalue weighted by molar-refractivity contribution is 0.146. The highest BCUT2D eigenvalue weighted by atomic mass is 16.4. The molecule has 1 N–H and O–H groups in total. The number of aliphatic hydroxyl groups excluding tert-OH is 1. The molecule has 0 radical (unpaired) electrons. The Hall–Kier alpha value is -1.62. The minimum Gasteiger partial charge on any atom is -0.466 e. The molecule has 5 nitrogen and oxygen atoms in total. The second-order valence-electron chi connectivity index (χ2n) is 3.49. The van der Waals surface area contributed by atoms with Crippen molar-refractivity contribution in [2.45, 2.75) is 19.4 Å². The van der Waals surface area contributed by atoms with Gasteiger partial charge in [-0.2, -0.15) is 5.10 Å². The van der Waals surface area contributed by atoms with E-state index in [1.165, 1.54) is 6.33 Å². The molecule has 0 saturated carbocycles. The number of furan rings is 1. The topological polar surface area (TPSA) is 64.1 Å². The van der Waals surface area contributed by atoms with Crippen molar-refractivity contribution in [3.8, 4) is 0 Å². The molecule has 2 aromatic rings. The minimum absolute atomic E-state index is 0.408. The number of rotatable bonds is 3. The third kappa shape index (κ3) is 1.92. The number of aromatic nitrogens is 3. The van der Waals surface area contributed by atoms with Gasteiger partial charge in [0.05, 0.1) is 6.26 Å². The van der Waals surface area contributed by atoms with E-state index in [0.29, 0.717) is 12.2 Å². The highest BCUT2D eigenvalue weighted by molar-refractivity contribution is 5.17. The summed E-state index contributed by atoms with van der Waals surface area (Å²) in [6.07, 6.45) is 2.79. The van der Waals surface area contributed by atoms with Crippen molar-refractivity contribution in [1.82, 2.24) is 14.8 Å². The largest absolute Gasteiger partial charge is 0.466 e. The van der Waals surface area contributed by atoms with E-state index in [2.05, 4.69) is 10.1 Å². The van der Waals surface area contributed by atoms with E-state index in [4.69, 9.17) is 4.42 Å². The van der Waals surface area contributed by atoms with Crippen LogP contribution in [0.25, 0.3) is 0 Å². The molecular formula is C10H13N3O2. The van der Waals surface area contributed by atoms with E-state index >= 15 is 0 Å². The van der Waals surface area contributed by atoms with Gasteiger partial charge in [0.25, 0.3) is 0 Å². The average molecular weight is 207 g/mol. The zero-order valence-corrected chi connectivity index (χ0v) is 8.71. The van der Waals surface area contributed by atoms with Gasteiger partial charge < -0.3 is 9.52 Å². The first-order chi connectivity index (χ1) is 7.18. The van der Waals surface area contributed by atoms with Crippen LogP contribution in [0, 0.1) is 6.92 Å². The lowest BCUT2D eigenvalue weighted by Crippen LogP contribution is -2.07. The molecule has 1 atom stereocenters. The van der Waals surface area contributed by atoms with Crippen LogP contribution in [0.3, 0.4) is 0 Å². The van der Waals surface area contributed by atoms with Gasteiger partial charge in [0, 0.05) is 13.5 Å². The standard InChI is InChI=1S/C10H13N3O2/c1-7-3-4-15-10(7)8(14)5-9-11-6-12-13(9)2/h3-4,6,8,14H,5H2,1-2H3. The van der Waals surface area contributed by atoms with Crippen LogP contribution < -0.4 is 0 Å². The van der Waals surface area contributed by atoms with Crippen LogP contribution in [-0.2, 0) is 13.5 Å². The molecule has 0 amide bonds. The molecule has 0 fully saturated rings. The number of hydrogen-bond acceptors (Lipinski definition) is 4. The molecule has 2 rings (SSSR count). The first-order valence-electron chi connectivity index (χ1n) is 4.73. The van der Waals surface area contributed by atoms with Crippen LogP contribution in [0.1, 0.15) is 23.3 Å². The Morgan fingerprint density at radius 2 is 2.40 bits per heavy atom. The van der Waals surface area contributed by atoms with Crippen molar-refractivity contribution in [3.05, 3.63) is 35.8 Å². The van der Waals surface area contributed by atoms with Crippen LogP contribution in [0.15, 0.2) is 23.1 Å². The van der Waals surface area contributed by atoms with Crippen molar-refractivity contribution in [3.63, 3.8) is 0 Å². The van der Waals surface area contributed by atoms with E-state index in [1.807, 2.05) is 13.0 Å². The van der Waals surface area contributed by atoms with Gasteiger partial charge in [0.15, 0.2) is 0 Å². The molecule has 0 aliphatic rings. The van der Waals surface area contributed by atoms with E-state index in [0.717, 1.165) is 11.4 Å². The molecule has 2 heterocycles. The summed E-state index contributed by atoms with van der Waals surface area (Å²) in [5, 5.41) is 13.8. The predicted molar refractivity (Wildman–Crippen MR) is 53.1 cm³/mol. The van der Waals surface area contributed by atoms with Gasteiger partial charge >= 0.3 is 0 Å². The first-order valence-corrected chi connectivity index (χ1v) is 4.73. The maximum Gasteiger partial charge on any atom is 0.138 e. The van der Waals surface area contributed by atoms with Gasteiger partial charge in [-0.05, 0) is 18.6 Å². The fourth-order valence-corrected chi connectivity index (χ4v) is 1.50. The van der Waals surface area contributed by atoms with E-state index < -0.39 is 6.10 Å². The Balaban J connectivity index is 2.14. The van der Waals surface area contributed by atoms with Crippen LogP contribution in [-0.4, -0.2) is 19.9 Å². The van der Waals surface area contributed by atoms with Crippen LogP contribution in [0.2, 0.25) is 0 Å². The quantitative estimate of drug-likeness (QED) is 0.815. The summed E-state index contributed by atoms with van der Waals surface area (Å²) in [5.74, 6) is 1.33. The molecule has 80 valence electrons.